The van der Waals surface area contributed by atoms with Crippen LogP contribution in [-0.4, -0.2) is 28.0 Å². The summed E-state index contributed by atoms with van der Waals surface area (Å²) in [5.74, 6) is -0.588. The monoisotopic (exact) mass is 391 g/mol. The molecule has 6 nitrogen and oxygen atoms in total. The first-order valence-corrected chi connectivity index (χ1v) is 8.15. The quantitative estimate of drug-likeness (QED) is 0.503. The van der Waals surface area contributed by atoms with Gasteiger partial charge < -0.3 is 0 Å². The Bertz CT molecular complexity index is 1020. The van der Waals surface area contributed by atoms with Gasteiger partial charge in [0.2, 0.25) is 0 Å². The molecule has 3 aromatic rings. The van der Waals surface area contributed by atoms with Crippen LogP contribution in [0.1, 0.15) is 5.69 Å². The Labute approximate surface area is 158 Å². The highest BCUT2D eigenvalue weighted by Gasteiger charge is 2.14. The normalized spacial score (nSPS) is 11.1. The zero-order chi connectivity index (χ0) is 18.7. The molecule has 0 saturated carbocycles. The number of aromatic nitrogens is 3. The molecule has 0 bridgehead atoms. The van der Waals surface area contributed by atoms with Crippen LogP contribution in [0.25, 0.3) is 5.69 Å². The van der Waals surface area contributed by atoms with E-state index in [2.05, 4.69) is 15.2 Å². The predicted molar refractivity (Wildman–Crippen MR) is 100 cm³/mol. The van der Waals surface area contributed by atoms with E-state index >= 15 is 0 Å². The highest BCUT2D eigenvalue weighted by molar-refractivity contribution is 6.33. The van der Waals surface area contributed by atoms with Crippen molar-refractivity contribution in [2.75, 3.05) is 12.1 Å². The van der Waals surface area contributed by atoms with Crippen LogP contribution >= 0.6 is 23.2 Å². The third kappa shape index (κ3) is 3.74. The average Bonchev–Trinajstić information content (AvgIpc) is 2.65. The molecule has 0 radical (unpaired) electrons. The van der Waals surface area contributed by atoms with E-state index in [1.807, 2.05) is 6.07 Å². The van der Waals surface area contributed by atoms with E-state index in [1.54, 1.807) is 25.4 Å². The van der Waals surface area contributed by atoms with E-state index in [1.165, 1.54) is 29.6 Å². The van der Waals surface area contributed by atoms with Gasteiger partial charge in [-0.3, -0.25) is 14.8 Å². The third-order valence-electron chi connectivity index (χ3n) is 3.45. The maximum absolute atomic E-state index is 13.3. The van der Waals surface area contributed by atoms with Crippen molar-refractivity contribution in [1.82, 2.24) is 14.8 Å². The van der Waals surface area contributed by atoms with Crippen LogP contribution in [0.15, 0.2) is 58.7 Å². The first-order valence-electron chi connectivity index (χ1n) is 7.39. The minimum Gasteiger partial charge on any atom is -0.266 e. The van der Waals surface area contributed by atoms with Gasteiger partial charge in [0.1, 0.15) is 16.5 Å². The standard InChI is InChI=1S/C17H12Cl2FN5O/c1-24(22-9-11-4-2-3-7-21-11)15-10-23-25(17(26)16(15)19)12-5-6-14(20)13(18)8-12/h2-10H,1H3/b22-9-. The molecule has 1 aromatic carbocycles. The summed E-state index contributed by atoms with van der Waals surface area (Å²) in [6.45, 7) is 0. The third-order valence-corrected chi connectivity index (χ3v) is 4.09. The summed E-state index contributed by atoms with van der Waals surface area (Å²) >= 11 is 11.9. The maximum atomic E-state index is 13.3. The first-order chi connectivity index (χ1) is 12.5. The van der Waals surface area contributed by atoms with Crippen molar-refractivity contribution in [3.05, 3.63) is 80.7 Å². The van der Waals surface area contributed by atoms with Crippen LogP contribution < -0.4 is 10.6 Å². The number of hydrazone groups is 1. The Morgan fingerprint density at radius 3 is 2.77 bits per heavy atom. The maximum Gasteiger partial charge on any atom is 0.292 e. The Balaban J connectivity index is 1.93. The van der Waals surface area contributed by atoms with E-state index in [4.69, 9.17) is 23.2 Å². The van der Waals surface area contributed by atoms with Gasteiger partial charge in [0.15, 0.2) is 0 Å². The fourth-order valence-electron chi connectivity index (χ4n) is 2.11. The summed E-state index contributed by atoms with van der Waals surface area (Å²) in [5, 5.41) is 9.47. The van der Waals surface area contributed by atoms with Gasteiger partial charge in [0.25, 0.3) is 5.56 Å². The van der Waals surface area contributed by atoms with E-state index in [0.717, 1.165) is 10.7 Å². The summed E-state index contributed by atoms with van der Waals surface area (Å²) in [5.41, 5.74) is 0.687. The summed E-state index contributed by atoms with van der Waals surface area (Å²) < 4.78 is 14.3. The van der Waals surface area contributed by atoms with Crippen LogP contribution in [0.2, 0.25) is 10.0 Å². The van der Waals surface area contributed by atoms with E-state index in [0.29, 0.717) is 17.1 Å². The van der Waals surface area contributed by atoms with Gasteiger partial charge in [-0.1, -0.05) is 29.3 Å². The summed E-state index contributed by atoms with van der Waals surface area (Å²) in [6, 6.07) is 9.24. The van der Waals surface area contributed by atoms with Gasteiger partial charge in [-0.15, -0.1) is 0 Å². The summed E-state index contributed by atoms with van der Waals surface area (Å²) in [4.78, 5) is 16.6. The van der Waals surface area contributed by atoms with Crippen LogP contribution in [0, 0.1) is 5.82 Å². The minimum absolute atomic E-state index is 0.0823. The first kappa shape index (κ1) is 18.0. The van der Waals surface area contributed by atoms with Gasteiger partial charge in [0, 0.05) is 13.2 Å². The molecule has 2 heterocycles. The second-order valence-corrected chi connectivity index (χ2v) is 5.97. The van der Waals surface area contributed by atoms with Crippen molar-refractivity contribution < 1.29 is 4.39 Å². The molecule has 0 aliphatic heterocycles. The molecule has 0 aliphatic carbocycles. The van der Waals surface area contributed by atoms with E-state index in [9.17, 15) is 9.18 Å². The molecule has 0 atom stereocenters. The van der Waals surface area contributed by atoms with Crippen molar-refractivity contribution >= 4 is 35.1 Å². The topological polar surface area (TPSA) is 63.4 Å². The molecule has 0 N–H and O–H groups in total. The highest BCUT2D eigenvalue weighted by Crippen LogP contribution is 2.22. The second kappa shape index (κ2) is 7.63. The predicted octanol–water partition coefficient (Wildman–Crippen LogP) is 3.54. The van der Waals surface area contributed by atoms with Crippen molar-refractivity contribution in [3.63, 3.8) is 0 Å². The Morgan fingerprint density at radius 1 is 1.27 bits per heavy atom. The fourth-order valence-corrected chi connectivity index (χ4v) is 2.54. The molecule has 0 spiro atoms. The van der Waals surface area contributed by atoms with Crippen LogP contribution in [0.5, 0.6) is 0 Å². The number of pyridine rings is 1. The lowest BCUT2D eigenvalue weighted by molar-refractivity contribution is 0.627. The lowest BCUT2D eigenvalue weighted by Crippen LogP contribution is -2.24. The highest BCUT2D eigenvalue weighted by atomic mass is 35.5. The number of nitrogens with zero attached hydrogens (tertiary/aromatic N) is 5. The molecule has 0 saturated heterocycles. The van der Waals surface area contributed by atoms with Gasteiger partial charge in [0.05, 0.1) is 28.8 Å². The van der Waals surface area contributed by atoms with E-state index in [-0.39, 0.29) is 10.0 Å². The summed E-state index contributed by atoms with van der Waals surface area (Å²) in [7, 11) is 1.63. The molecule has 0 unspecified atom stereocenters. The van der Waals surface area contributed by atoms with Crippen LogP contribution in [-0.2, 0) is 0 Å². The molecule has 9 heteroatoms. The van der Waals surface area contributed by atoms with Gasteiger partial charge in [-0.2, -0.15) is 14.9 Å². The SMILES string of the molecule is CN(/N=C\c1ccccn1)c1cnn(-c2ccc(F)c(Cl)c2)c(=O)c1Cl. The van der Waals surface area contributed by atoms with Crippen LogP contribution in [0.3, 0.4) is 0 Å². The second-order valence-electron chi connectivity index (χ2n) is 5.18. The smallest absolute Gasteiger partial charge is 0.266 e. The molecule has 132 valence electrons. The zero-order valence-electron chi connectivity index (χ0n) is 13.5. The molecular formula is C17H12Cl2FN5O. The minimum atomic E-state index is -0.588. The van der Waals surface area contributed by atoms with Gasteiger partial charge in [-0.05, 0) is 30.3 Å². The number of hydrogen-bond donors (Lipinski definition) is 0. The number of halogens is 3. The molecule has 0 fully saturated rings. The molecular weight excluding hydrogens is 380 g/mol. The summed E-state index contributed by atoms with van der Waals surface area (Å²) in [6.07, 6.45) is 4.56. The Morgan fingerprint density at radius 2 is 2.08 bits per heavy atom. The van der Waals surface area contributed by atoms with Gasteiger partial charge >= 0.3 is 0 Å². The average molecular weight is 392 g/mol. The van der Waals surface area contributed by atoms with Crippen molar-refractivity contribution in [1.29, 1.82) is 0 Å². The largest absolute Gasteiger partial charge is 0.292 e. The van der Waals surface area contributed by atoms with Crippen molar-refractivity contribution in [2.24, 2.45) is 5.10 Å². The molecule has 3 rings (SSSR count). The van der Waals surface area contributed by atoms with Gasteiger partial charge in [-0.25, -0.2) is 4.39 Å². The number of rotatable bonds is 4. The number of benzene rings is 1. The molecule has 0 amide bonds. The lowest BCUT2D eigenvalue weighted by Gasteiger charge is -2.15. The Kier molecular flexibility index (Phi) is 5.29. The number of anilines is 1. The molecule has 0 aliphatic rings. The van der Waals surface area contributed by atoms with Crippen LogP contribution in [0.4, 0.5) is 10.1 Å². The molecule has 26 heavy (non-hydrogen) atoms. The zero-order valence-corrected chi connectivity index (χ0v) is 15.0. The van der Waals surface area contributed by atoms with Crippen molar-refractivity contribution in [3.8, 4) is 5.69 Å². The van der Waals surface area contributed by atoms with E-state index < -0.39 is 11.4 Å². The molecule has 2 aromatic heterocycles. The van der Waals surface area contributed by atoms with Crippen molar-refractivity contribution in [2.45, 2.75) is 0 Å². The Hall–Kier alpha value is -2.77. The fraction of sp³-hybridized carbons (Fsp3) is 0.0588. The lowest BCUT2D eigenvalue weighted by atomic mass is 10.3. The number of hydrogen-bond acceptors (Lipinski definition) is 5.